The van der Waals surface area contributed by atoms with Crippen LogP contribution in [0.5, 0.6) is 0 Å². The second kappa shape index (κ2) is 9.87. The number of piperidine rings is 1. The zero-order valence-corrected chi connectivity index (χ0v) is 18.8. The number of alkyl halides is 3. The van der Waals surface area contributed by atoms with E-state index in [9.17, 15) is 22.8 Å². The summed E-state index contributed by atoms with van der Waals surface area (Å²) >= 11 is 0. The van der Waals surface area contributed by atoms with Gasteiger partial charge in [-0.15, -0.1) is 0 Å². The molecule has 0 saturated carbocycles. The van der Waals surface area contributed by atoms with Crippen LogP contribution in [-0.4, -0.2) is 45.9 Å². The van der Waals surface area contributed by atoms with Gasteiger partial charge in [0, 0.05) is 37.8 Å². The standard InChI is InChI=1S/C25H26F3N3O3/c1-2-34-24(33)18-8-6-11-30(16-18)23(32)14-20(17-7-5-9-19(13-17)25(26,27)28)21-15-29-22-10-3-4-12-31(21)22/h3-5,7,9-10,12-13,15,18,20H,2,6,8,11,14,16H2,1H3. The monoisotopic (exact) mass is 473 g/mol. The van der Waals surface area contributed by atoms with E-state index in [1.165, 1.54) is 6.07 Å². The molecular weight excluding hydrogens is 447 g/mol. The number of carbonyl (C=O) groups excluding carboxylic acids is 2. The average molecular weight is 473 g/mol. The van der Waals surface area contributed by atoms with Gasteiger partial charge in [0.2, 0.25) is 5.91 Å². The van der Waals surface area contributed by atoms with E-state index >= 15 is 0 Å². The van der Waals surface area contributed by atoms with E-state index in [2.05, 4.69) is 4.98 Å². The fourth-order valence-electron chi connectivity index (χ4n) is 4.49. The third-order valence-electron chi connectivity index (χ3n) is 6.19. The van der Waals surface area contributed by atoms with Crippen molar-refractivity contribution in [2.75, 3.05) is 19.7 Å². The number of hydrogen-bond donors (Lipinski definition) is 0. The number of fused-ring (bicyclic) bond motifs is 1. The van der Waals surface area contributed by atoms with Gasteiger partial charge in [-0.05, 0) is 43.5 Å². The SMILES string of the molecule is CCOC(=O)C1CCCN(C(=O)CC(c2cccc(C(F)(F)F)c2)c2cnc3ccccn23)C1. The van der Waals surface area contributed by atoms with Gasteiger partial charge in [0.25, 0.3) is 0 Å². The Morgan fingerprint density at radius 1 is 1.21 bits per heavy atom. The first-order valence-corrected chi connectivity index (χ1v) is 11.3. The van der Waals surface area contributed by atoms with Gasteiger partial charge in [0.15, 0.2) is 0 Å². The smallest absolute Gasteiger partial charge is 0.416 e. The van der Waals surface area contributed by atoms with Crippen LogP contribution in [-0.2, 0) is 20.5 Å². The second-order valence-electron chi connectivity index (χ2n) is 8.42. The average Bonchev–Trinajstić information content (AvgIpc) is 3.26. The van der Waals surface area contributed by atoms with Crippen LogP contribution in [0, 0.1) is 5.92 Å². The summed E-state index contributed by atoms with van der Waals surface area (Å²) in [4.78, 5) is 31.5. The first kappa shape index (κ1) is 23.8. The van der Waals surface area contributed by atoms with Crippen LogP contribution in [0.4, 0.5) is 13.2 Å². The van der Waals surface area contributed by atoms with Crippen molar-refractivity contribution in [3.63, 3.8) is 0 Å². The molecular formula is C25H26F3N3O3. The Bertz CT molecular complexity index is 1170. The number of carbonyl (C=O) groups is 2. The summed E-state index contributed by atoms with van der Waals surface area (Å²) in [6.07, 6.45) is 0.154. The van der Waals surface area contributed by atoms with E-state index in [0.717, 1.165) is 12.1 Å². The van der Waals surface area contributed by atoms with Crippen molar-refractivity contribution in [1.82, 2.24) is 14.3 Å². The molecule has 3 aromatic rings. The van der Waals surface area contributed by atoms with Crippen LogP contribution in [0.2, 0.25) is 0 Å². The van der Waals surface area contributed by atoms with Crippen LogP contribution in [0.1, 0.15) is 48.9 Å². The Kier molecular flexibility index (Phi) is 6.90. The highest BCUT2D eigenvalue weighted by atomic mass is 19.4. The molecule has 4 rings (SSSR count). The van der Waals surface area contributed by atoms with Gasteiger partial charge in [-0.3, -0.25) is 9.59 Å². The third-order valence-corrected chi connectivity index (χ3v) is 6.19. The summed E-state index contributed by atoms with van der Waals surface area (Å²) in [6.45, 7) is 2.76. The molecule has 0 N–H and O–H groups in total. The second-order valence-corrected chi connectivity index (χ2v) is 8.42. The van der Waals surface area contributed by atoms with Crippen LogP contribution in [0.3, 0.4) is 0 Å². The van der Waals surface area contributed by atoms with Crippen molar-refractivity contribution in [3.05, 3.63) is 71.7 Å². The lowest BCUT2D eigenvalue weighted by Gasteiger charge is -2.32. The largest absolute Gasteiger partial charge is 0.466 e. The summed E-state index contributed by atoms with van der Waals surface area (Å²) in [7, 11) is 0. The summed E-state index contributed by atoms with van der Waals surface area (Å²) < 4.78 is 47.2. The number of amides is 1. The van der Waals surface area contributed by atoms with E-state index in [-0.39, 0.29) is 37.4 Å². The molecule has 1 saturated heterocycles. The van der Waals surface area contributed by atoms with Gasteiger partial charge < -0.3 is 14.0 Å². The number of likely N-dealkylation sites (tertiary alicyclic amines) is 1. The first-order chi connectivity index (χ1) is 16.3. The summed E-state index contributed by atoms with van der Waals surface area (Å²) in [5.74, 6) is -1.57. The van der Waals surface area contributed by atoms with E-state index in [1.807, 2.05) is 6.07 Å². The topological polar surface area (TPSA) is 63.9 Å². The number of esters is 1. The van der Waals surface area contributed by atoms with Gasteiger partial charge in [-0.25, -0.2) is 4.98 Å². The molecule has 0 radical (unpaired) electrons. The summed E-state index contributed by atoms with van der Waals surface area (Å²) in [6, 6.07) is 10.5. The maximum Gasteiger partial charge on any atom is 0.416 e. The lowest BCUT2D eigenvalue weighted by Crippen LogP contribution is -2.43. The number of imidazole rings is 1. The molecule has 1 fully saturated rings. The molecule has 0 spiro atoms. The Labute approximate surface area is 195 Å². The van der Waals surface area contributed by atoms with Crippen LogP contribution < -0.4 is 0 Å². The Hall–Kier alpha value is -3.36. The molecule has 3 heterocycles. The van der Waals surface area contributed by atoms with Crippen molar-refractivity contribution < 1.29 is 27.5 Å². The molecule has 1 aliphatic heterocycles. The Morgan fingerprint density at radius 2 is 2.03 bits per heavy atom. The molecule has 1 aromatic carbocycles. The van der Waals surface area contributed by atoms with Gasteiger partial charge in [0.05, 0.1) is 23.8 Å². The molecule has 180 valence electrons. The van der Waals surface area contributed by atoms with Gasteiger partial charge in [0.1, 0.15) is 5.65 Å². The van der Waals surface area contributed by atoms with Crippen LogP contribution >= 0.6 is 0 Å². The molecule has 1 amide bonds. The number of nitrogens with zero attached hydrogens (tertiary/aromatic N) is 3. The van der Waals surface area contributed by atoms with E-state index in [4.69, 9.17) is 4.74 Å². The number of rotatable bonds is 6. The predicted octanol–water partition coefficient (Wildman–Crippen LogP) is 4.68. The van der Waals surface area contributed by atoms with Gasteiger partial charge in [-0.1, -0.05) is 24.3 Å². The maximum absolute atomic E-state index is 13.4. The normalized spacial score (nSPS) is 17.5. The summed E-state index contributed by atoms with van der Waals surface area (Å²) in [5, 5.41) is 0. The highest BCUT2D eigenvalue weighted by Gasteiger charge is 2.34. The van der Waals surface area contributed by atoms with Crippen molar-refractivity contribution in [2.45, 2.75) is 38.3 Å². The van der Waals surface area contributed by atoms with Crippen molar-refractivity contribution >= 4 is 17.5 Å². The molecule has 0 bridgehead atoms. The quantitative estimate of drug-likeness (QED) is 0.488. The molecule has 9 heteroatoms. The number of aromatic nitrogens is 2. The van der Waals surface area contributed by atoms with E-state index in [1.54, 1.807) is 46.8 Å². The number of pyridine rings is 1. The van der Waals surface area contributed by atoms with E-state index in [0.29, 0.717) is 36.3 Å². The zero-order chi connectivity index (χ0) is 24.3. The fraction of sp³-hybridized carbons (Fsp3) is 0.400. The predicted molar refractivity (Wildman–Crippen MR) is 119 cm³/mol. The zero-order valence-electron chi connectivity index (χ0n) is 18.8. The lowest BCUT2D eigenvalue weighted by atomic mass is 9.90. The minimum Gasteiger partial charge on any atom is -0.466 e. The van der Waals surface area contributed by atoms with Crippen molar-refractivity contribution in [3.8, 4) is 0 Å². The molecule has 6 nitrogen and oxygen atoms in total. The molecule has 2 aromatic heterocycles. The molecule has 0 aliphatic carbocycles. The minimum absolute atomic E-state index is 0.0421. The third kappa shape index (κ3) is 5.08. The lowest BCUT2D eigenvalue weighted by molar-refractivity contribution is -0.151. The van der Waals surface area contributed by atoms with E-state index < -0.39 is 17.7 Å². The Morgan fingerprint density at radius 3 is 2.79 bits per heavy atom. The van der Waals surface area contributed by atoms with Crippen molar-refractivity contribution in [1.29, 1.82) is 0 Å². The van der Waals surface area contributed by atoms with Gasteiger partial charge >= 0.3 is 12.1 Å². The van der Waals surface area contributed by atoms with Crippen LogP contribution in [0.15, 0.2) is 54.9 Å². The van der Waals surface area contributed by atoms with Crippen LogP contribution in [0.25, 0.3) is 5.65 Å². The van der Waals surface area contributed by atoms with Crippen molar-refractivity contribution in [2.24, 2.45) is 5.92 Å². The number of benzene rings is 1. The first-order valence-electron chi connectivity index (χ1n) is 11.3. The maximum atomic E-state index is 13.4. The highest BCUT2D eigenvalue weighted by Crippen LogP contribution is 2.35. The molecule has 2 atom stereocenters. The minimum atomic E-state index is -4.50. The number of ether oxygens (including phenoxy) is 1. The summed E-state index contributed by atoms with van der Waals surface area (Å²) in [5.41, 5.74) is 0.883. The molecule has 34 heavy (non-hydrogen) atoms. The molecule has 2 unspecified atom stereocenters. The molecule has 1 aliphatic rings. The number of halogens is 3. The number of hydrogen-bond acceptors (Lipinski definition) is 4. The van der Waals surface area contributed by atoms with Gasteiger partial charge in [-0.2, -0.15) is 13.2 Å². The Balaban J connectivity index is 1.65. The highest BCUT2D eigenvalue weighted by molar-refractivity contribution is 5.79. The fourth-order valence-corrected chi connectivity index (χ4v) is 4.49.